The minimum absolute atomic E-state index is 0.147. The van der Waals surface area contributed by atoms with Gasteiger partial charge in [-0.25, -0.2) is 8.42 Å². The molecular formula is C21H26N2O3S. The lowest BCUT2D eigenvalue weighted by Crippen LogP contribution is -2.30. The summed E-state index contributed by atoms with van der Waals surface area (Å²) in [5.74, 6) is -0.287. The van der Waals surface area contributed by atoms with Gasteiger partial charge in [0, 0.05) is 24.3 Å². The van der Waals surface area contributed by atoms with E-state index in [9.17, 15) is 13.2 Å². The van der Waals surface area contributed by atoms with Gasteiger partial charge in [0.05, 0.1) is 4.90 Å². The largest absolute Gasteiger partial charge is 0.322 e. The molecule has 0 fully saturated rings. The fraction of sp³-hybridized carbons (Fsp3) is 0.381. The number of fused-ring (bicyclic) bond motifs is 1. The molecule has 2 aromatic carbocycles. The predicted molar refractivity (Wildman–Crippen MR) is 108 cm³/mol. The van der Waals surface area contributed by atoms with Gasteiger partial charge in [-0.2, -0.15) is 4.31 Å². The van der Waals surface area contributed by atoms with Gasteiger partial charge >= 0.3 is 0 Å². The molecular weight excluding hydrogens is 360 g/mol. The van der Waals surface area contributed by atoms with Crippen LogP contribution in [0.2, 0.25) is 0 Å². The molecule has 5 nitrogen and oxygen atoms in total. The van der Waals surface area contributed by atoms with Crippen molar-refractivity contribution in [2.24, 2.45) is 0 Å². The van der Waals surface area contributed by atoms with Crippen molar-refractivity contribution in [3.63, 3.8) is 0 Å². The zero-order valence-electron chi connectivity index (χ0n) is 15.9. The number of anilines is 1. The summed E-state index contributed by atoms with van der Waals surface area (Å²) < 4.78 is 26.8. The van der Waals surface area contributed by atoms with Crippen LogP contribution in [0.25, 0.3) is 0 Å². The first-order valence-electron chi connectivity index (χ1n) is 9.49. The third-order valence-electron chi connectivity index (χ3n) is 5.08. The molecule has 144 valence electrons. The standard InChI is InChI=1S/C21H26N2O3S/c1-3-23(4-2)27(25,26)18-12-7-11-17(15-18)21(24)22-20-14-8-10-16-9-5-6-13-19(16)20/h7-8,10-12,14-15H,3-6,9,13H2,1-2H3,(H,22,24). The first kappa shape index (κ1) is 19.6. The maximum atomic E-state index is 12.8. The number of nitrogens with one attached hydrogen (secondary N) is 1. The fourth-order valence-corrected chi connectivity index (χ4v) is 5.11. The molecule has 0 unspecified atom stereocenters. The highest BCUT2D eigenvalue weighted by molar-refractivity contribution is 7.89. The molecule has 0 heterocycles. The van der Waals surface area contributed by atoms with E-state index in [0.29, 0.717) is 18.7 Å². The van der Waals surface area contributed by atoms with E-state index in [1.807, 2.05) is 12.1 Å². The average Bonchev–Trinajstić information content (AvgIpc) is 2.69. The molecule has 0 saturated carbocycles. The van der Waals surface area contributed by atoms with Crippen LogP contribution in [-0.4, -0.2) is 31.7 Å². The molecule has 1 aliphatic rings. The van der Waals surface area contributed by atoms with E-state index < -0.39 is 10.0 Å². The Hall–Kier alpha value is -2.18. The van der Waals surface area contributed by atoms with Crippen molar-refractivity contribution in [1.82, 2.24) is 4.31 Å². The van der Waals surface area contributed by atoms with Gasteiger partial charge in [-0.1, -0.05) is 32.0 Å². The van der Waals surface area contributed by atoms with Crippen LogP contribution < -0.4 is 5.32 Å². The maximum absolute atomic E-state index is 12.8. The second-order valence-electron chi connectivity index (χ2n) is 6.72. The highest BCUT2D eigenvalue weighted by atomic mass is 32.2. The maximum Gasteiger partial charge on any atom is 0.255 e. The molecule has 27 heavy (non-hydrogen) atoms. The molecule has 1 aliphatic carbocycles. The van der Waals surface area contributed by atoms with Crippen LogP contribution in [-0.2, 0) is 22.9 Å². The van der Waals surface area contributed by atoms with Crippen LogP contribution in [0.5, 0.6) is 0 Å². The molecule has 0 aliphatic heterocycles. The van der Waals surface area contributed by atoms with Crippen LogP contribution in [0.1, 0.15) is 48.2 Å². The minimum Gasteiger partial charge on any atom is -0.322 e. The number of sulfonamides is 1. The van der Waals surface area contributed by atoms with Gasteiger partial charge in [-0.05, 0) is 61.1 Å². The van der Waals surface area contributed by atoms with Crippen LogP contribution in [0.15, 0.2) is 47.4 Å². The lowest BCUT2D eigenvalue weighted by Gasteiger charge is -2.20. The van der Waals surface area contributed by atoms with Gasteiger partial charge in [0.15, 0.2) is 0 Å². The number of carbonyl (C=O) groups is 1. The predicted octanol–water partition coefficient (Wildman–Crippen LogP) is 3.85. The molecule has 0 atom stereocenters. The summed E-state index contributed by atoms with van der Waals surface area (Å²) >= 11 is 0. The third kappa shape index (κ3) is 4.06. The average molecular weight is 387 g/mol. The Balaban J connectivity index is 1.87. The minimum atomic E-state index is -3.59. The van der Waals surface area contributed by atoms with Crippen LogP contribution in [0.4, 0.5) is 5.69 Å². The Morgan fingerprint density at radius 3 is 2.48 bits per heavy atom. The summed E-state index contributed by atoms with van der Waals surface area (Å²) in [5, 5.41) is 2.97. The van der Waals surface area contributed by atoms with E-state index in [1.54, 1.807) is 26.0 Å². The number of carbonyl (C=O) groups excluding carboxylic acids is 1. The molecule has 0 radical (unpaired) electrons. The summed E-state index contributed by atoms with van der Waals surface area (Å²) in [7, 11) is -3.59. The van der Waals surface area contributed by atoms with Gasteiger partial charge in [0.2, 0.25) is 10.0 Å². The van der Waals surface area contributed by atoms with Crippen molar-refractivity contribution in [2.45, 2.75) is 44.4 Å². The summed E-state index contributed by atoms with van der Waals surface area (Å²) in [5.41, 5.74) is 3.66. The molecule has 1 amide bonds. The highest BCUT2D eigenvalue weighted by Gasteiger charge is 2.23. The summed E-state index contributed by atoms with van der Waals surface area (Å²) in [6.07, 6.45) is 4.30. The van der Waals surface area contributed by atoms with Crippen LogP contribution in [0, 0.1) is 0 Å². The molecule has 0 saturated heterocycles. The molecule has 6 heteroatoms. The molecule has 1 N–H and O–H groups in total. The third-order valence-corrected chi connectivity index (χ3v) is 7.13. The van der Waals surface area contributed by atoms with Gasteiger partial charge in [-0.3, -0.25) is 4.79 Å². The van der Waals surface area contributed by atoms with Crippen molar-refractivity contribution in [1.29, 1.82) is 0 Å². The number of nitrogens with zero attached hydrogens (tertiary/aromatic N) is 1. The molecule has 3 rings (SSSR count). The second kappa shape index (κ2) is 8.23. The summed E-state index contributed by atoms with van der Waals surface area (Å²) in [6.45, 7) is 4.39. The Kier molecular flexibility index (Phi) is 5.97. The lowest BCUT2D eigenvalue weighted by molar-refractivity contribution is 0.102. The Labute approximate surface area is 161 Å². The highest BCUT2D eigenvalue weighted by Crippen LogP contribution is 2.28. The molecule has 0 bridgehead atoms. The van der Waals surface area contributed by atoms with Crippen molar-refractivity contribution in [3.8, 4) is 0 Å². The number of hydrogen-bond donors (Lipinski definition) is 1. The Bertz CT molecular complexity index is 934. The quantitative estimate of drug-likeness (QED) is 0.820. The number of hydrogen-bond acceptors (Lipinski definition) is 3. The van der Waals surface area contributed by atoms with E-state index in [0.717, 1.165) is 24.9 Å². The SMILES string of the molecule is CCN(CC)S(=O)(=O)c1cccc(C(=O)Nc2cccc3c2CCCC3)c1. The van der Waals surface area contributed by atoms with Crippen molar-refractivity contribution in [3.05, 3.63) is 59.2 Å². The van der Waals surface area contributed by atoms with E-state index in [2.05, 4.69) is 11.4 Å². The number of amides is 1. The molecule has 0 spiro atoms. The van der Waals surface area contributed by atoms with Gasteiger partial charge in [-0.15, -0.1) is 0 Å². The van der Waals surface area contributed by atoms with Gasteiger partial charge in [0.1, 0.15) is 0 Å². The van der Waals surface area contributed by atoms with Crippen molar-refractivity contribution < 1.29 is 13.2 Å². The van der Waals surface area contributed by atoms with E-state index in [-0.39, 0.29) is 10.8 Å². The second-order valence-corrected chi connectivity index (χ2v) is 8.66. The Morgan fingerprint density at radius 1 is 1.04 bits per heavy atom. The first-order valence-corrected chi connectivity index (χ1v) is 10.9. The van der Waals surface area contributed by atoms with Gasteiger partial charge < -0.3 is 5.32 Å². The number of benzene rings is 2. The summed E-state index contributed by atoms with van der Waals surface area (Å²) in [6, 6.07) is 12.2. The lowest BCUT2D eigenvalue weighted by atomic mass is 9.90. The monoisotopic (exact) mass is 386 g/mol. The van der Waals surface area contributed by atoms with Crippen molar-refractivity contribution in [2.75, 3.05) is 18.4 Å². The summed E-state index contributed by atoms with van der Waals surface area (Å²) in [4.78, 5) is 12.9. The van der Waals surface area contributed by atoms with Gasteiger partial charge in [0.25, 0.3) is 5.91 Å². The molecule has 0 aromatic heterocycles. The number of rotatable bonds is 6. The smallest absolute Gasteiger partial charge is 0.255 e. The van der Waals surface area contributed by atoms with E-state index in [4.69, 9.17) is 0 Å². The van der Waals surface area contributed by atoms with Crippen LogP contribution >= 0.6 is 0 Å². The zero-order chi connectivity index (χ0) is 19.4. The van der Waals surface area contributed by atoms with Crippen LogP contribution in [0.3, 0.4) is 0 Å². The van der Waals surface area contributed by atoms with Crippen molar-refractivity contribution >= 4 is 21.6 Å². The van der Waals surface area contributed by atoms with E-state index >= 15 is 0 Å². The fourth-order valence-electron chi connectivity index (χ4n) is 3.60. The van der Waals surface area contributed by atoms with E-state index in [1.165, 1.54) is 34.0 Å². The number of aryl methyl sites for hydroxylation is 1. The molecule has 2 aromatic rings. The normalized spacial score (nSPS) is 14.0. The topological polar surface area (TPSA) is 66.5 Å². The Morgan fingerprint density at radius 2 is 1.74 bits per heavy atom. The first-order chi connectivity index (χ1) is 13.0. The zero-order valence-corrected chi connectivity index (χ0v) is 16.7.